The van der Waals surface area contributed by atoms with Gasteiger partial charge in [0.25, 0.3) is 5.91 Å². The first kappa shape index (κ1) is 14.0. The van der Waals surface area contributed by atoms with Crippen molar-refractivity contribution in [2.75, 3.05) is 5.73 Å². The van der Waals surface area contributed by atoms with E-state index < -0.39 is 11.7 Å². The van der Waals surface area contributed by atoms with E-state index in [0.29, 0.717) is 6.54 Å². The third-order valence-corrected chi connectivity index (χ3v) is 3.10. The van der Waals surface area contributed by atoms with Crippen LogP contribution in [0.1, 0.15) is 28.4 Å². The topological polar surface area (TPSA) is 68.0 Å². The van der Waals surface area contributed by atoms with Crippen LogP contribution in [0.2, 0.25) is 0 Å². The molecular weight excluding hydrogens is 257 g/mol. The molecule has 2 aromatic rings. The SMILES string of the molecule is CCc1ccccc1CNC(=O)c1ccnc(N)c1F. The normalized spacial score (nSPS) is 10.3. The third-order valence-electron chi connectivity index (χ3n) is 3.10. The number of carbonyl (C=O) groups excluding carboxylic acids is 1. The number of hydrogen-bond acceptors (Lipinski definition) is 3. The Morgan fingerprint density at radius 2 is 2.00 bits per heavy atom. The molecule has 104 valence electrons. The summed E-state index contributed by atoms with van der Waals surface area (Å²) in [6, 6.07) is 9.12. The van der Waals surface area contributed by atoms with Crippen molar-refractivity contribution in [2.45, 2.75) is 19.9 Å². The average Bonchev–Trinajstić information content (AvgIpc) is 2.48. The number of nitrogens with one attached hydrogen (secondary N) is 1. The van der Waals surface area contributed by atoms with Gasteiger partial charge in [0, 0.05) is 12.7 Å². The van der Waals surface area contributed by atoms with Crippen molar-refractivity contribution < 1.29 is 9.18 Å². The van der Waals surface area contributed by atoms with E-state index in [1.165, 1.54) is 12.3 Å². The quantitative estimate of drug-likeness (QED) is 0.898. The maximum absolute atomic E-state index is 13.7. The molecule has 0 aliphatic rings. The molecule has 1 aromatic heterocycles. The number of rotatable bonds is 4. The molecular formula is C15H16FN3O. The fourth-order valence-electron chi connectivity index (χ4n) is 1.98. The van der Waals surface area contributed by atoms with Gasteiger partial charge in [0.05, 0.1) is 5.56 Å². The summed E-state index contributed by atoms with van der Waals surface area (Å²) in [5, 5.41) is 2.70. The lowest BCUT2D eigenvalue weighted by Crippen LogP contribution is -2.24. The Balaban J connectivity index is 2.11. The van der Waals surface area contributed by atoms with Gasteiger partial charge in [-0.1, -0.05) is 31.2 Å². The zero-order valence-electron chi connectivity index (χ0n) is 11.2. The minimum atomic E-state index is -0.784. The molecule has 0 fully saturated rings. The summed E-state index contributed by atoms with van der Waals surface area (Å²) in [5.41, 5.74) is 7.43. The fourth-order valence-corrected chi connectivity index (χ4v) is 1.98. The highest BCUT2D eigenvalue weighted by molar-refractivity contribution is 5.95. The minimum absolute atomic E-state index is 0.0912. The highest BCUT2D eigenvalue weighted by Gasteiger charge is 2.14. The second-order valence-corrected chi connectivity index (χ2v) is 4.36. The third kappa shape index (κ3) is 2.93. The van der Waals surface area contributed by atoms with Crippen LogP contribution in [-0.4, -0.2) is 10.9 Å². The Bertz CT molecular complexity index is 628. The number of benzene rings is 1. The maximum Gasteiger partial charge on any atom is 0.254 e. The predicted molar refractivity (Wildman–Crippen MR) is 75.6 cm³/mol. The summed E-state index contributed by atoms with van der Waals surface area (Å²) >= 11 is 0. The number of nitrogens with two attached hydrogens (primary N) is 1. The molecule has 20 heavy (non-hydrogen) atoms. The Labute approximate surface area is 116 Å². The summed E-state index contributed by atoms with van der Waals surface area (Å²) < 4.78 is 13.7. The largest absolute Gasteiger partial charge is 0.381 e. The van der Waals surface area contributed by atoms with Gasteiger partial charge in [-0.2, -0.15) is 0 Å². The molecule has 1 aromatic carbocycles. The molecule has 3 N–H and O–H groups in total. The molecule has 0 saturated carbocycles. The van der Waals surface area contributed by atoms with Gasteiger partial charge < -0.3 is 11.1 Å². The highest BCUT2D eigenvalue weighted by Crippen LogP contribution is 2.13. The molecule has 0 unspecified atom stereocenters. The Morgan fingerprint density at radius 3 is 2.70 bits per heavy atom. The van der Waals surface area contributed by atoms with Crippen LogP contribution in [0, 0.1) is 5.82 Å². The lowest BCUT2D eigenvalue weighted by molar-refractivity contribution is 0.0946. The van der Waals surface area contributed by atoms with Crippen LogP contribution in [0.4, 0.5) is 10.2 Å². The molecule has 0 saturated heterocycles. The number of nitrogens with zero attached hydrogens (tertiary/aromatic N) is 1. The second-order valence-electron chi connectivity index (χ2n) is 4.36. The summed E-state index contributed by atoms with van der Waals surface area (Å²) in [6.45, 7) is 2.40. The van der Waals surface area contributed by atoms with E-state index in [-0.39, 0.29) is 11.4 Å². The molecule has 0 bridgehead atoms. The van der Waals surface area contributed by atoms with Crippen molar-refractivity contribution in [3.05, 3.63) is 59.0 Å². The van der Waals surface area contributed by atoms with Crippen LogP contribution in [0.3, 0.4) is 0 Å². The predicted octanol–water partition coefficient (Wildman–Crippen LogP) is 2.30. The van der Waals surface area contributed by atoms with E-state index in [4.69, 9.17) is 5.73 Å². The van der Waals surface area contributed by atoms with Crippen molar-refractivity contribution in [1.82, 2.24) is 10.3 Å². The van der Waals surface area contributed by atoms with Gasteiger partial charge in [-0.15, -0.1) is 0 Å². The van der Waals surface area contributed by atoms with Crippen molar-refractivity contribution in [1.29, 1.82) is 0 Å². The van der Waals surface area contributed by atoms with E-state index >= 15 is 0 Å². The van der Waals surface area contributed by atoms with Crippen molar-refractivity contribution in [3.63, 3.8) is 0 Å². The van der Waals surface area contributed by atoms with Crippen LogP contribution in [0.25, 0.3) is 0 Å². The highest BCUT2D eigenvalue weighted by atomic mass is 19.1. The summed E-state index contributed by atoms with van der Waals surface area (Å²) in [6.07, 6.45) is 2.19. The first-order valence-corrected chi connectivity index (χ1v) is 6.38. The van der Waals surface area contributed by atoms with E-state index in [1.807, 2.05) is 31.2 Å². The molecule has 0 atom stereocenters. The average molecular weight is 273 g/mol. The molecule has 5 heteroatoms. The van der Waals surface area contributed by atoms with Crippen molar-refractivity contribution in [3.8, 4) is 0 Å². The van der Waals surface area contributed by atoms with Crippen LogP contribution in [0.15, 0.2) is 36.5 Å². The van der Waals surface area contributed by atoms with E-state index in [9.17, 15) is 9.18 Å². The molecule has 0 spiro atoms. The molecule has 1 amide bonds. The van der Waals surface area contributed by atoms with Gasteiger partial charge in [0.1, 0.15) is 0 Å². The Kier molecular flexibility index (Phi) is 4.30. The van der Waals surface area contributed by atoms with E-state index in [1.54, 1.807) is 0 Å². The number of carbonyl (C=O) groups is 1. The Morgan fingerprint density at radius 1 is 1.30 bits per heavy atom. The molecule has 0 aliphatic heterocycles. The number of amides is 1. The lowest BCUT2D eigenvalue weighted by Gasteiger charge is -2.10. The van der Waals surface area contributed by atoms with Crippen LogP contribution < -0.4 is 11.1 Å². The molecule has 4 nitrogen and oxygen atoms in total. The first-order chi connectivity index (χ1) is 9.63. The molecule has 0 aliphatic carbocycles. The van der Waals surface area contributed by atoms with Gasteiger partial charge in [-0.05, 0) is 23.6 Å². The zero-order chi connectivity index (χ0) is 14.5. The molecule has 1 heterocycles. The van der Waals surface area contributed by atoms with Gasteiger partial charge >= 0.3 is 0 Å². The van der Waals surface area contributed by atoms with E-state index in [0.717, 1.165) is 17.5 Å². The second kappa shape index (κ2) is 6.14. The van der Waals surface area contributed by atoms with Crippen LogP contribution >= 0.6 is 0 Å². The standard InChI is InChI=1S/C15H16FN3O/c1-2-10-5-3-4-6-11(10)9-19-15(20)12-7-8-18-14(17)13(12)16/h3-8H,2,9H2,1H3,(H2,17,18)(H,19,20). The minimum Gasteiger partial charge on any atom is -0.381 e. The first-order valence-electron chi connectivity index (χ1n) is 6.38. The van der Waals surface area contributed by atoms with Gasteiger partial charge in [-0.3, -0.25) is 4.79 Å². The number of aryl methyl sites for hydroxylation is 1. The monoisotopic (exact) mass is 273 g/mol. The summed E-state index contributed by atoms with van der Waals surface area (Å²) in [4.78, 5) is 15.5. The Hall–Kier alpha value is -2.43. The molecule has 2 rings (SSSR count). The summed E-state index contributed by atoms with van der Waals surface area (Å²) in [7, 11) is 0. The van der Waals surface area contributed by atoms with E-state index in [2.05, 4.69) is 10.3 Å². The lowest BCUT2D eigenvalue weighted by atomic mass is 10.1. The maximum atomic E-state index is 13.7. The summed E-state index contributed by atoms with van der Waals surface area (Å²) in [5.74, 6) is -1.55. The number of pyridine rings is 1. The number of halogens is 1. The number of nitrogen functional groups attached to an aromatic ring is 1. The van der Waals surface area contributed by atoms with Gasteiger partial charge in [0.15, 0.2) is 11.6 Å². The van der Waals surface area contributed by atoms with Gasteiger partial charge in [-0.25, -0.2) is 9.37 Å². The number of aromatic nitrogens is 1. The zero-order valence-corrected chi connectivity index (χ0v) is 11.2. The fraction of sp³-hybridized carbons (Fsp3) is 0.200. The van der Waals surface area contributed by atoms with Gasteiger partial charge in [0.2, 0.25) is 0 Å². The number of anilines is 1. The smallest absolute Gasteiger partial charge is 0.254 e. The van der Waals surface area contributed by atoms with Crippen molar-refractivity contribution in [2.24, 2.45) is 0 Å². The van der Waals surface area contributed by atoms with Crippen LogP contribution in [-0.2, 0) is 13.0 Å². The van der Waals surface area contributed by atoms with Crippen molar-refractivity contribution >= 4 is 11.7 Å². The molecule has 0 radical (unpaired) electrons. The number of hydrogen-bond donors (Lipinski definition) is 2. The van der Waals surface area contributed by atoms with Crippen LogP contribution in [0.5, 0.6) is 0 Å².